The van der Waals surface area contributed by atoms with Crippen molar-refractivity contribution in [3.8, 4) is 0 Å². The molecular weight excluding hydrogens is 314 g/mol. The second-order valence-electron chi connectivity index (χ2n) is 3.76. The standard InChI is InChI=1S/C13H12BrNO2S/c14-12-6-10(8-18-12)13(17)15-11(7-16)9-4-2-1-3-5-9/h1-6,8,11,16H,7H2,(H,15,17)/t11-/m0/s1. The van der Waals surface area contributed by atoms with Gasteiger partial charge in [-0.25, -0.2) is 0 Å². The highest BCUT2D eigenvalue weighted by molar-refractivity contribution is 9.11. The van der Waals surface area contributed by atoms with Crippen LogP contribution in [0, 0.1) is 0 Å². The quantitative estimate of drug-likeness (QED) is 0.907. The highest BCUT2D eigenvalue weighted by Crippen LogP contribution is 2.21. The molecule has 0 saturated carbocycles. The number of halogens is 1. The number of aliphatic hydroxyl groups is 1. The Bertz CT molecular complexity index is 527. The van der Waals surface area contributed by atoms with Crippen LogP contribution in [0.25, 0.3) is 0 Å². The van der Waals surface area contributed by atoms with Crippen molar-refractivity contribution in [3.05, 3.63) is 56.7 Å². The van der Waals surface area contributed by atoms with E-state index < -0.39 is 0 Å². The molecule has 1 aromatic heterocycles. The van der Waals surface area contributed by atoms with Crippen LogP contribution < -0.4 is 5.32 Å². The van der Waals surface area contributed by atoms with E-state index in [1.807, 2.05) is 30.3 Å². The van der Waals surface area contributed by atoms with E-state index in [1.54, 1.807) is 11.4 Å². The first-order valence-electron chi connectivity index (χ1n) is 5.41. The molecular formula is C13H12BrNO2S. The lowest BCUT2D eigenvalue weighted by atomic mass is 10.1. The number of hydrogen-bond acceptors (Lipinski definition) is 3. The second-order valence-corrected chi connectivity index (χ2v) is 6.05. The van der Waals surface area contributed by atoms with Gasteiger partial charge in [-0.15, -0.1) is 11.3 Å². The monoisotopic (exact) mass is 325 g/mol. The SMILES string of the molecule is O=C(N[C@@H](CO)c1ccccc1)c1csc(Br)c1. The molecule has 0 aliphatic carbocycles. The van der Waals surface area contributed by atoms with Gasteiger partial charge >= 0.3 is 0 Å². The van der Waals surface area contributed by atoms with E-state index in [4.69, 9.17) is 0 Å². The van der Waals surface area contributed by atoms with Crippen molar-refractivity contribution in [2.75, 3.05) is 6.61 Å². The van der Waals surface area contributed by atoms with Gasteiger partial charge < -0.3 is 10.4 Å². The molecule has 1 aromatic carbocycles. The number of aliphatic hydroxyl groups excluding tert-OH is 1. The number of benzene rings is 1. The third-order valence-electron chi connectivity index (χ3n) is 2.52. The minimum Gasteiger partial charge on any atom is -0.394 e. The van der Waals surface area contributed by atoms with Gasteiger partial charge in [-0.2, -0.15) is 0 Å². The van der Waals surface area contributed by atoms with Gasteiger partial charge in [0, 0.05) is 5.38 Å². The Morgan fingerprint density at radius 1 is 1.39 bits per heavy atom. The summed E-state index contributed by atoms with van der Waals surface area (Å²) < 4.78 is 0.910. The minimum atomic E-state index is -0.377. The van der Waals surface area contributed by atoms with Gasteiger partial charge in [0.25, 0.3) is 5.91 Å². The summed E-state index contributed by atoms with van der Waals surface area (Å²) in [5.74, 6) is -0.181. The first-order valence-corrected chi connectivity index (χ1v) is 7.08. The van der Waals surface area contributed by atoms with Crippen molar-refractivity contribution in [2.45, 2.75) is 6.04 Å². The van der Waals surface area contributed by atoms with Crippen molar-refractivity contribution >= 4 is 33.2 Å². The van der Waals surface area contributed by atoms with Gasteiger partial charge in [-0.05, 0) is 27.6 Å². The fourth-order valence-electron chi connectivity index (χ4n) is 1.59. The fourth-order valence-corrected chi connectivity index (χ4v) is 2.73. The van der Waals surface area contributed by atoms with Crippen LogP contribution >= 0.6 is 27.3 Å². The van der Waals surface area contributed by atoms with E-state index in [0.29, 0.717) is 5.56 Å². The number of amides is 1. The lowest BCUT2D eigenvalue weighted by Crippen LogP contribution is -2.30. The average molecular weight is 326 g/mol. The van der Waals surface area contributed by atoms with Crippen LogP contribution in [0.15, 0.2) is 45.6 Å². The average Bonchev–Trinajstić information content (AvgIpc) is 2.83. The Kier molecular flexibility index (Phi) is 4.52. The van der Waals surface area contributed by atoms with Crippen molar-refractivity contribution < 1.29 is 9.90 Å². The van der Waals surface area contributed by atoms with Crippen LogP contribution in [0.4, 0.5) is 0 Å². The topological polar surface area (TPSA) is 49.3 Å². The molecule has 0 unspecified atom stereocenters. The number of carbonyl (C=O) groups is 1. The molecule has 1 heterocycles. The number of rotatable bonds is 4. The smallest absolute Gasteiger partial charge is 0.252 e. The third-order valence-corrected chi connectivity index (χ3v) is 4.02. The summed E-state index contributed by atoms with van der Waals surface area (Å²) in [6.07, 6.45) is 0. The van der Waals surface area contributed by atoms with Gasteiger partial charge in [0.2, 0.25) is 0 Å². The molecule has 94 valence electrons. The predicted molar refractivity (Wildman–Crippen MR) is 75.8 cm³/mol. The van der Waals surface area contributed by atoms with Crippen molar-refractivity contribution in [1.82, 2.24) is 5.32 Å². The molecule has 0 bridgehead atoms. The molecule has 1 atom stereocenters. The van der Waals surface area contributed by atoms with Gasteiger partial charge in [0.15, 0.2) is 0 Å². The van der Waals surface area contributed by atoms with Crippen molar-refractivity contribution in [1.29, 1.82) is 0 Å². The maximum absolute atomic E-state index is 12.0. The summed E-state index contributed by atoms with van der Waals surface area (Å²) in [7, 11) is 0. The van der Waals surface area contributed by atoms with Crippen LogP contribution in [0.5, 0.6) is 0 Å². The number of thiophene rings is 1. The minimum absolute atomic E-state index is 0.124. The number of hydrogen-bond donors (Lipinski definition) is 2. The largest absolute Gasteiger partial charge is 0.394 e. The van der Waals surface area contributed by atoms with Crippen molar-refractivity contribution in [3.63, 3.8) is 0 Å². The zero-order valence-corrected chi connectivity index (χ0v) is 11.9. The summed E-state index contributed by atoms with van der Waals surface area (Å²) in [5.41, 5.74) is 1.49. The molecule has 3 nitrogen and oxygen atoms in total. The molecule has 0 aliphatic rings. The fraction of sp³-hybridized carbons (Fsp3) is 0.154. The summed E-state index contributed by atoms with van der Waals surface area (Å²) in [6.45, 7) is -0.124. The molecule has 0 saturated heterocycles. The Labute approximate surface area is 118 Å². The zero-order valence-electron chi connectivity index (χ0n) is 9.47. The maximum Gasteiger partial charge on any atom is 0.252 e. The molecule has 0 fully saturated rings. The van der Waals surface area contributed by atoms with Gasteiger partial charge in [0.05, 0.1) is 22.0 Å². The molecule has 0 radical (unpaired) electrons. The molecule has 1 amide bonds. The second kappa shape index (κ2) is 6.13. The van der Waals surface area contributed by atoms with E-state index in [0.717, 1.165) is 9.35 Å². The lowest BCUT2D eigenvalue weighted by molar-refractivity contribution is 0.0916. The van der Waals surface area contributed by atoms with Gasteiger partial charge in [0.1, 0.15) is 0 Å². The van der Waals surface area contributed by atoms with E-state index in [-0.39, 0.29) is 18.6 Å². The van der Waals surface area contributed by atoms with E-state index in [1.165, 1.54) is 11.3 Å². The molecule has 2 rings (SSSR count). The molecule has 2 N–H and O–H groups in total. The molecule has 0 aliphatic heterocycles. The first-order chi connectivity index (χ1) is 8.70. The van der Waals surface area contributed by atoms with Crippen molar-refractivity contribution in [2.24, 2.45) is 0 Å². The predicted octanol–water partition coefficient (Wildman–Crippen LogP) is 2.97. The highest BCUT2D eigenvalue weighted by Gasteiger charge is 2.15. The Morgan fingerprint density at radius 3 is 2.67 bits per heavy atom. The van der Waals surface area contributed by atoms with Crippen LogP contribution in [-0.2, 0) is 0 Å². The Morgan fingerprint density at radius 2 is 2.11 bits per heavy atom. The number of nitrogens with one attached hydrogen (secondary N) is 1. The van der Waals surface area contributed by atoms with E-state index in [2.05, 4.69) is 21.2 Å². The normalized spacial score (nSPS) is 12.1. The van der Waals surface area contributed by atoms with E-state index >= 15 is 0 Å². The molecule has 5 heteroatoms. The summed E-state index contributed by atoms with van der Waals surface area (Å²) in [6, 6.07) is 10.8. The molecule has 2 aromatic rings. The summed E-state index contributed by atoms with van der Waals surface area (Å²) in [4.78, 5) is 12.0. The van der Waals surface area contributed by atoms with E-state index in [9.17, 15) is 9.90 Å². The third kappa shape index (κ3) is 3.19. The Hall–Kier alpha value is -1.17. The summed E-state index contributed by atoms with van der Waals surface area (Å²) in [5, 5.41) is 13.9. The lowest BCUT2D eigenvalue weighted by Gasteiger charge is -2.16. The van der Waals surface area contributed by atoms with Crippen LogP contribution in [-0.4, -0.2) is 17.6 Å². The molecule has 18 heavy (non-hydrogen) atoms. The van der Waals surface area contributed by atoms with Crippen LogP contribution in [0.3, 0.4) is 0 Å². The highest BCUT2D eigenvalue weighted by atomic mass is 79.9. The zero-order chi connectivity index (χ0) is 13.0. The van der Waals surface area contributed by atoms with Crippen LogP contribution in [0.2, 0.25) is 0 Å². The molecule has 0 spiro atoms. The Balaban J connectivity index is 2.10. The first kappa shape index (κ1) is 13.3. The van der Waals surface area contributed by atoms with Gasteiger partial charge in [-0.1, -0.05) is 30.3 Å². The van der Waals surface area contributed by atoms with Gasteiger partial charge in [-0.3, -0.25) is 4.79 Å². The maximum atomic E-state index is 12.0. The number of carbonyl (C=O) groups excluding carboxylic acids is 1. The van der Waals surface area contributed by atoms with Crippen LogP contribution in [0.1, 0.15) is 22.0 Å². The summed E-state index contributed by atoms with van der Waals surface area (Å²) >= 11 is 4.77.